The number of nitrogens with one attached hydrogen (secondary N) is 1. The highest BCUT2D eigenvalue weighted by Gasteiger charge is 2.23. The van der Waals surface area contributed by atoms with Crippen molar-refractivity contribution in [2.24, 2.45) is 5.92 Å². The summed E-state index contributed by atoms with van der Waals surface area (Å²) in [7, 11) is 0. The molecule has 122 valence electrons. The van der Waals surface area contributed by atoms with Gasteiger partial charge in [0.25, 0.3) is 5.91 Å². The predicted octanol–water partition coefficient (Wildman–Crippen LogP) is 2.06. The Hall–Kier alpha value is -2.34. The third kappa shape index (κ3) is 2.94. The van der Waals surface area contributed by atoms with Gasteiger partial charge in [0.15, 0.2) is 5.82 Å². The Bertz CT molecular complexity index is 757. The highest BCUT2D eigenvalue weighted by atomic mass is 16.5. The monoisotopic (exact) mass is 315 g/mol. The summed E-state index contributed by atoms with van der Waals surface area (Å²) in [5, 5.41) is 16.2. The maximum absolute atomic E-state index is 12.6. The van der Waals surface area contributed by atoms with Gasteiger partial charge >= 0.3 is 0 Å². The molecule has 3 rings (SSSR count). The van der Waals surface area contributed by atoms with Crippen LogP contribution in [-0.2, 0) is 0 Å². The number of carbonyl (C=O) groups excluding carboxylic acids is 1. The number of aryl methyl sites for hydroxylation is 2. The van der Waals surface area contributed by atoms with Crippen molar-refractivity contribution >= 4 is 5.91 Å². The zero-order chi connectivity index (χ0) is 16.6. The molecule has 0 saturated carbocycles. The first-order valence-corrected chi connectivity index (χ1v) is 7.72. The Kier molecular flexibility index (Phi) is 4.09. The van der Waals surface area contributed by atoms with Gasteiger partial charge in [0, 0.05) is 36.0 Å². The van der Waals surface area contributed by atoms with Crippen molar-refractivity contribution in [1.29, 1.82) is 0 Å². The molecule has 0 saturated heterocycles. The van der Waals surface area contributed by atoms with Gasteiger partial charge in [-0.25, -0.2) is 0 Å². The van der Waals surface area contributed by atoms with Gasteiger partial charge in [-0.15, -0.1) is 0 Å². The molecule has 2 N–H and O–H groups in total. The van der Waals surface area contributed by atoms with E-state index in [4.69, 9.17) is 9.63 Å². The quantitative estimate of drug-likeness (QED) is 0.846. The van der Waals surface area contributed by atoms with Gasteiger partial charge < -0.3 is 14.9 Å². The molecule has 2 aromatic heterocycles. The summed E-state index contributed by atoms with van der Waals surface area (Å²) in [5.74, 6) is 1.42. The normalized spacial score (nSPS) is 20.2. The highest BCUT2D eigenvalue weighted by molar-refractivity contribution is 5.96. The number of aromatic nitrogens is 2. The molecule has 0 fully saturated rings. The molecule has 0 spiro atoms. The summed E-state index contributed by atoms with van der Waals surface area (Å²) < 4.78 is 7.04. The largest absolute Gasteiger partial charge is 0.396 e. The molecule has 1 amide bonds. The molecule has 2 aromatic rings. The van der Waals surface area contributed by atoms with Crippen LogP contribution >= 0.6 is 0 Å². The minimum Gasteiger partial charge on any atom is -0.396 e. The lowest BCUT2D eigenvalue weighted by Gasteiger charge is -2.13. The summed E-state index contributed by atoms with van der Waals surface area (Å²) in [4.78, 5) is 12.6. The second kappa shape index (κ2) is 6.04. The lowest BCUT2D eigenvalue weighted by molar-refractivity contribution is 0.0940. The first-order chi connectivity index (χ1) is 11.0. The predicted molar refractivity (Wildman–Crippen MR) is 85.6 cm³/mol. The molecule has 0 aliphatic heterocycles. The number of hydrogen-bond acceptors (Lipinski definition) is 4. The van der Waals surface area contributed by atoms with Crippen molar-refractivity contribution in [3.63, 3.8) is 0 Å². The van der Waals surface area contributed by atoms with E-state index in [1.165, 1.54) is 0 Å². The van der Waals surface area contributed by atoms with Gasteiger partial charge in [-0.2, -0.15) is 0 Å². The van der Waals surface area contributed by atoms with Crippen LogP contribution in [0.5, 0.6) is 0 Å². The smallest absolute Gasteiger partial charge is 0.253 e. The van der Waals surface area contributed by atoms with E-state index in [0.717, 1.165) is 23.6 Å². The summed E-state index contributed by atoms with van der Waals surface area (Å²) in [5.41, 5.74) is 2.38. The van der Waals surface area contributed by atoms with Crippen molar-refractivity contribution in [2.75, 3.05) is 6.61 Å². The van der Waals surface area contributed by atoms with Gasteiger partial charge in [-0.1, -0.05) is 17.3 Å². The minimum absolute atomic E-state index is 0.0306. The maximum atomic E-state index is 12.6. The van der Waals surface area contributed by atoms with Gasteiger partial charge in [0.05, 0.1) is 5.56 Å². The van der Waals surface area contributed by atoms with Crippen LogP contribution in [0.15, 0.2) is 28.8 Å². The lowest BCUT2D eigenvalue weighted by Crippen LogP contribution is -2.33. The number of aliphatic hydroxyl groups is 1. The molecule has 1 aliphatic carbocycles. The van der Waals surface area contributed by atoms with Gasteiger partial charge in [0.2, 0.25) is 0 Å². The van der Waals surface area contributed by atoms with Crippen LogP contribution in [0.3, 0.4) is 0 Å². The standard InChI is InChI=1S/C17H21N3O3/c1-10-6-15(12(3)20(10)16-7-11(2)23-19-16)17(22)18-14-5-4-13(8-14)9-21/h4-7,13-14,21H,8-9H2,1-3H3,(H,18,22)/t13-,14+/m0/s1. The molecular formula is C17H21N3O3. The van der Waals surface area contributed by atoms with Crippen LogP contribution in [0.1, 0.15) is 33.9 Å². The van der Waals surface area contributed by atoms with Crippen molar-refractivity contribution in [3.05, 3.63) is 47.0 Å². The molecule has 6 heteroatoms. The molecule has 0 radical (unpaired) electrons. The second-order valence-corrected chi connectivity index (χ2v) is 6.06. The van der Waals surface area contributed by atoms with Crippen LogP contribution in [0, 0.1) is 26.7 Å². The topological polar surface area (TPSA) is 80.3 Å². The average molecular weight is 315 g/mol. The van der Waals surface area contributed by atoms with E-state index in [1.54, 1.807) is 0 Å². The van der Waals surface area contributed by atoms with Crippen molar-refractivity contribution in [1.82, 2.24) is 15.0 Å². The van der Waals surface area contributed by atoms with E-state index in [2.05, 4.69) is 10.5 Å². The molecule has 0 aromatic carbocycles. The maximum Gasteiger partial charge on any atom is 0.253 e. The average Bonchev–Trinajstić information content (AvgIpc) is 3.19. The van der Waals surface area contributed by atoms with E-state index < -0.39 is 0 Å². The molecule has 0 bridgehead atoms. The van der Waals surface area contributed by atoms with Crippen LogP contribution in [-0.4, -0.2) is 33.4 Å². The molecular weight excluding hydrogens is 294 g/mol. The fraction of sp³-hybridized carbons (Fsp3) is 0.412. The number of nitrogens with zero attached hydrogens (tertiary/aromatic N) is 2. The number of rotatable bonds is 4. The van der Waals surface area contributed by atoms with Crippen molar-refractivity contribution in [3.8, 4) is 5.82 Å². The van der Waals surface area contributed by atoms with E-state index in [-0.39, 0.29) is 24.5 Å². The van der Waals surface area contributed by atoms with E-state index in [9.17, 15) is 4.79 Å². The van der Waals surface area contributed by atoms with Crippen LogP contribution in [0.4, 0.5) is 0 Å². The summed E-state index contributed by atoms with van der Waals surface area (Å²) in [6.45, 7) is 5.78. The molecule has 2 heterocycles. The Morgan fingerprint density at radius 1 is 1.39 bits per heavy atom. The number of carbonyl (C=O) groups is 1. The lowest BCUT2D eigenvalue weighted by atomic mass is 10.1. The zero-order valence-electron chi connectivity index (χ0n) is 13.5. The molecule has 6 nitrogen and oxygen atoms in total. The molecule has 0 unspecified atom stereocenters. The molecule has 2 atom stereocenters. The first-order valence-electron chi connectivity index (χ1n) is 7.72. The summed E-state index contributed by atoms with van der Waals surface area (Å²) in [6, 6.07) is 3.67. The number of aliphatic hydroxyl groups excluding tert-OH is 1. The zero-order valence-corrected chi connectivity index (χ0v) is 13.5. The Balaban J connectivity index is 1.81. The van der Waals surface area contributed by atoms with E-state index in [0.29, 0.717) is 11.4 Å². The highest BCUT2D eigenvalue weighted by Crippen LogP contribution is 2.22. The Morgan fingerprint density at radius 3 is 2.78 bits per heavy atom. The van der Waals surface area contributed by atoms with Gasteiger partial charge in [-0.3, -0.25) is 9.36 Å². The minimum atomic E-state index is -0.113. The van der Waals surface area contributed by atoms with Crippen LogP contribution in [0.25, 0.3) is 5.82 Å². The van der Waals surface area contributed by atoms with Crippen molar-refractivity contribution in [2.45, 2.75) is 33.2 Å². The third-order valence-electron chi connectivity index (χ3n) is 4.24. The van der Waals surface area contributed by atoms with Gasteiger partial charge in [-0.05, 0) is 33.3 Å². The summed E-state index contributed by atoms with van der Waals surface area (Å²) >= 11 is 0. The second-order valence-electron chi connectivity index (χ2n) is 6.06. The molecule has 23 heavy (non-hydrogen) atoms. The Morgan fingerprint density at radius 2 is 2.17 bits per heavy atom. The summed E-state index contributed by atoms with van der Waals surface area (Å²) in [6.07, 6.45) is 4.63. The number of amides is 1. The van der Waals surface area contributed by atoms with E-state index >= 15 is 0 Å². The fourth-order valence-corrected chi connectivity index (χ4v) is 3.07. The molecule has 1 aliphatic rings. The SMILES string of the molecule is Cc1cc(-n2c(C)cc(C(=O)N[C@@H]3C=C[C@H](CO)C3)c2C)no1. The fourth-order valence-electron chi connectivity index (χ4n) is 3.07. The van der Waals surface area contributed by atoms with Gasteiger partial charge in [0.1, 0.15) is 5.76 Å². The Labute approximate surface area is 134 Å². The van der Waals surface area contributed by atoms with Crippen LogP contribution < -0.4 is 5.32 Å². The van der Waals surface area contributed by atoms with Crippen molar-refractivity contribution < 1.29 is 14.4 Å². The van der Waals surface area contributed by atoms with E-state index in [1.807, 2.05) is 49.6 Å². The first kappa shape index (κ1) is 15.6. The van der Waals surface area contributed by atoms with Crippen LogP contribution in [0.2, 0.25) is 0 Å². The number of hydrogen-bond donors (Lipinski definition) is 2. The third-order valence-corrected chi connectivity index (χ3v) is 4.24.